The van der Waals surface area contributed by atoms with E-state index in [1.165, 1.54) is 16.8 Å². The monoisotopic (exact) mass is 299 g/mol. The average Bonchev–Trinajstić information content (AvgIpc) is 2.70. The van der Waals surface area contributed by atoms with Gasteiger partial charge in [0, 0.05) is 18.8 Å². The Kier molecular flexibility index (Phi) is 3.50. The van der Waals surface area contributed by atoms with Crippen molar-refractivity contribution < 1.29 is 4.58 Å². The zero-order chi connectivity index (χ0) is 15.1. The largest absolute Gasteiger partial charge is 0.341 e. The number of allylic oxidation sites excluding steroid dienone is 4. The summed E-state index contributed by atoms with van der Waals surface area (Å²) >= 11 is 6.61. The second-order valence-electron chi connectivity index (χ2n) is 5.78. The van der Waals surface area contributed by atoms with Crippen LogP contribution in [-0.4, -0.2) is 24.4 Å². The summed E-state index contributed by atoms with van der Waals surface area (Å²) in [4.78, 5) is 2.19. The van der Waals surface area contributed by atoms with Crippen molar-refractivity contribution >= 4 is 23.0 Å². The van der Waals surface area contributed by atoms with Crippen LogP contribution in [0.2, 0.25) is 0 Å². The third-order valence-corrected chi connectivity index (χ3v) is 4.68. The van der Waals surface area contributed by atoms with E-state index in [9.17, 15) is 0 Å². The third kappa shape index (κ3) is 2.34. The van der Waals surface area contributed by atoms with E-state index in [1.807, 2.05) is 7.05 Å². The summed E-state index contributed by atoms with van der Waals surface area (Å²) in [6.07, 6.45) is 6.58. The lowest BCUT2D eigenvalue weighted by Gasteiger charge is -2.23. The third-order valence-electron chi connectivity index (χ3n) is 4.24. The second kappa shape index (κ2) is 5.19. The van der Waals surface area contributed by atoms with Gasteiger partial charge in [0.15, 0.2) is 5.71 Å². The summed E-state index contributed by atoms with van der Waals surface area (Å²) in [5.74, 6) is 0.235. The Hall–Kier alpha value is -1.80. The highest BCUT2D eigenvalue weighted by atomic mass is 35.5. The maximum absolute atomic E-state index is 6.61. The summed E-state index contributed by atoms with van der Waals surface area (Å²) in [5.41, 5.74) is 6.07. The first-order valence-electron chi connectivity index (χ1n) is 7.16. The number of fused-ring (bicyclic) bond motifs is 1. The van der Waals surface area contributed by atoms with Gasteiger partial charge in [0.25, 0.3) is 5.16 Å². The van der Waals surface area contributed by atoms with Gasteiger partial charge >= 0.3 is 0 Å². The minimum Gasteiger partial charge on any atom is -0.341 e. The highest BCUT2D eigenvalue weighted by Crippen LogP contribution is 2.36. The molecule has 0 saturated heterocycles. The van der Waals surface area contributed by atoms with Gasteiger partial charge in [0.2, 0.25) is 0 Å². The number of nitrogens with zero attached hydrogens (tertiary/aromatic N) is 2. The fourth-order valence-corrected chi connectivity index (χ4v) is 3.27. The standard InChI is InChI=1S/C18H20ClN2/c1-12-5-8-14(9-6-12)20(3)17-15-11-13(2)7-10-16(15)21(4)18(17)19/h5-11,15H,1-4H3/q+1. The molecule has 108 valence electrons. The smallest absolute Gasteiger partial charge is 0.295 e. The van der Waals surface area contributed by atoms with Crippen molar-refractivity contribution in [1.29, 1.82) is 0 Å². The number of hydrogen-bond donors (Lipinski definition) is 0. The molecule has 21 heavy (non-hydrogen) atoms. The molecule has 0 N–H and O–H groups in total. The predicted octanol–water partition coefficient (Wildman–Crippen LogP) is 4.07. The summed E-state index contributed by atoms with van der Waals surface area (Å²) in [7, 11) is 4.11. The van der Waals surface area contributed by atoms with Gasteiger partial charge in [-0.15, -0.1) is 0 Å². The fraction of sp³-hybridized carbons (Fsp3) is 0.278. The van der Waals surface area contributed by atoms with Gasteiger partial charge in [0.05, 0.1) is 0 Å². The Morgan fingerprint density at radius 2 is 1.76 bits per heavy atom. The lowest BCUT2D eigenvalue weighted by atomic mass is 9.93. The van der Waals surface area contributed by atoms with E-state index in [4.69, 9.17) is 11.6 Å². The summed E-state index contributed by atoms with van der Waals surface area (Å²) in [5, 5.41) is 0.800. The molecule has 1 atom stereocenters. The van der Waals surface area contributed by atoms with Crippen LogP contribution < -0.4 is 4.90 Å². The van der Waals surface area contributed by atoms with E-state index < -0.39 is 0 Å². The average molecular weight is 300 g/mol. The predicted molar refractivity (Wildman–Crippen MR) is 90.0 cm³/mol. The molecular formula is C18H20ClN2+. The van der Waals surface area contributed by atoms with Gasteiger partial charge in [-0.2, -0.15) is 4.58 Å². The number of anilines is 1. The van der Waals surface area contributed by atoms with Crippen LogP contribution in [0.15, 0.2) is 58.9 Å². The molecule has 1 aliphatic heterocycles. The Balaban J connectivity index is 2.02. The van der Waals surface area contributed by atoms with Crippen molar-refractivity contribution in [3.05, 3.63) is 64.5 Å². The normalized spacial score (nSPS) is 20.8. The molecular weight excluding hydrogens is 280 g/mol. The molecule has 1 aromatic carbocycles. The van der Waals surface area contributed by atoms with Crippen molar-refractivity contribution in [3.8, 4) is 0 Å². The highest BCUT2D eigenvalue weighted by Gasteiger charge is 2.40. The molecule has 0 aromatic heterocycles. The van der Waals surface area contributed by atoms with Crippen LogP contribution in [0.25, 0.3) is 0 Å². The molecule has 1 aliphatic carbocycles. The summed E-state index contributed by atoms with van der Waals surface area (Å²) < 4.78 is 2.08. The Morgan fingerprint density at radius 1 is 1.10 bits per heavy atom. The first kappa shape index (κ1) is 14.2. The van der Waals surface area contributed by atoms with Crippen molar-refractivity contribution in [1.82, 2.24) is 0 Å². The topological polar surface area (TPSA) is 6.25 Å². The highest BCUT2D eigenvalue weighted by molar-refractivity contribution is 6.30. The Bertz CT molecular complexity index is 705. The molecule has 0 amide bonds. The van der Waals surface area contributed by atoms with Crippen molar-refractivity contribution in [2.45, 2.75) is 13.8 Å². The Morgan fingerprint density at radius 3 is 2.43 bits per heavy atom. The number of halogens is 1. The quantitative estimate of drug-likeness (QED) is 0.589. The molecule has 1 unspecified atom stereocenters. The number of hydrogen-bond acceptors (Lipinski definition) is 1. The van der Waals surface area contributed by atoms with E-state index >= 15 is 0 Å². The lowest BCUT2D eigenvalue weighted by molar-refractivity contribution is -0.428. The van der Waals surface area contributed by atoms with Crippen LogP contribution in [0.3, 0.4) is 0 Å². The van der Waals surface area contributed by atoms with E-state index in [-0.39, 0.29) is 5.92 Å². The molecule has 1 heterocycles. The van der Waals surface area contributed by atoms with Crippen LogP contribution in [0, 0.1) is 12.8 Å². The van der Waals surface area contributed by atoms with E-state index in [0.717, 1.165) is 16.5 Å². The molecule has 0 bridgehead atoms. The van der Waals surface area contributed by atoms with Crippen LogP contribution in [0.1, 0.15) is 12.5 Å². The lowest BCUT2D eigenvalue weighted by Crippen LogP contribution is -2.25. The molecule has 3 rings (SSSR count). The van der Waals surface area contributed by atoms with Gasteiger partial charge in [-0.05, 0) is 37.6 Å². The van der Waals surface area contributed by atoms with Crippen molar-refractivity contribution in [2.24, 2.45) is 5.92 Å². The van der Waals surface area contributed by atoms with Crippen LogP contribution >= 0.6 is 11.6 Å². The van der Waals surface area contributed by atoms with E-state index in [2.05, 4.69) is 72.9 Å². The maximum atomic E-state index is 6.61. The summed E-state index contributed by atoms with van der Waals surface area (Å²) in [6.45, 7) is 4.23. The number of aryl methyl sites for hydroxylation is 1. The minimum absolute atomic E-state index is 0.235. The maximum Gasteiger partial charge on any atom is 0.295 e. The molecule has 2 aliphatic rings. The van der Waals surface area contributed by atoms with Gasteiger partial charge in [-0.25, -0.2) is 0 Å². The minimum atomic E-state index is 0.235. The van der Waals surface area contributed by atoms with Crippen molar-refractivity contribution in [2.75, 3.05) is 19.0 Å². The molecule has 0 radical (unpaired) electrons. The first-order chi connectivity index (χ1) is 9.99. The van der Waals surface area contributed by atoms with Gasteiger partial charge in [-0.3, -0.25) is 0 Å². The number of rotatable bonds is 2. The first-order valence-corrected chi connectivity index (χ1v) is 7.54. The fourth-order valence-electron chi connectivity index (χ4n) is 2.93. The SMILES string of the molecule is CC1=CC2C(N(C)c3ccc(C)cc3)=C(Cl)[N+](C)=C2C=C1. The number of benzene rings is 1. The van der Waals surface area contributed by atoms with E-state index in [0.29, 0.717) is 0 Å². The van der Waals surface area contributed by atoms with Crippen LogP contribution in [0.4, 0.5) is 5.69 Å². The second-order valence-corrected chi connectivity index (χ2v) is 6.13. The molecule has 1 aromatic rings. The van der Waals surface area contributed by atoms with Crippen LogP contribution in [0.5, 0.6) is 0 Å². The van der Waals surface area contributed by atoms with E-state index in [1.54, 1.807) is 0 Å². The zero-order valence-corrected chi connectivity index (χ0v) is 13.6. The zero-order valence-electron chi connectivity index (χ0n) is 12.9. The van der Waals surface area contributed by atoms with Gasteiger partial charge in [-0.1, -0.05) is 35.4 Å². The van der Waals surface area contributed by atoms with Gasteiger partial charge < -0.3 is 4.90 Å². The van der Waals surface area contributed by atoms with Crippen LogP contribution in [-0.2, 0) is 0 Å². The molecule has 0 saturated carbocycles. The molecule has 3 heteroatoms. The molecule has 0 spiro atoms. The Labute approximate surface area is 131 Å². The molecule has 2 nitrogen and oxygen atoms in total. The summed E-state index contributed by atoms with van der Waals surface area (Å²) in [6, 6.07) is 8.54. The van der Waals surface area contributed by atoms with Crippen molar-refractivity contribution in [3.63, 3.8) is 0 Å². The van der Waals surface area contributed by atoms with Gasteiger partial charge in [0.1, 0.15) is 18.7 Å². The molecule has 0 fully saturated rings.